The van der Waals surface area contributed by atoms with Gasteiger partial charge in [0.25, 0.3) is 0 Å². The third-order valence-electron chi connectivity index (χ3n) is 2.79. The van der Waals surface area contributed by atoms with Crippen LogP contribution in [0.25, 0.3) is 10.8 Å². The topological polar surface area (TPSA) is 52.6 Å². The highest BCUT2D eigenvalue weighted by Crippen LogP contribution is 2.20. The highest BCUT2D eigenvalue weighted by molar-refractivity contribution is 5.85. The molecule has 20 heavy (non-hydrogen) atoms. The maximum absolute atomic E-state index is 11.6. The molecule has 0 saturated carbocycles. The summed E-state index contributed by atoms with van der Waals surface area (Å²) in [6, 6.07) is 13.3. The van der Waals surface area contributed by atoms with Crippen LogP contribution < -0.4 is 4.74 Å². The quantitative estimate of drug-likeness (QED) is 0.620. The number of ether oxygens (including phenoxy) is 2. The van der Waals surface area contributed by atoms with E-state index in [0.717, 1.165) is 10.8 Å². The number of fused-ring (bicyclic) bond motifs is 1. The van der Waals surface area contributed by atoms with E-state index in [2.05, 4.69) is 0 Å². The number of hydrogen-bond donors (Lipinski definition) is 0. The molecular weight excluding hydrogens is 256 g/mol. The first-order valence-electron chi connectivity index (χ1n) is 6.54. The van der Waals surface area contributed by atoms with Gasteiger partial charge in [0.05, 0.1) is 19.4 Å². The molecule has 0 bridgehead atoms. The molecule has 4 nitrogen and oxygen atoms in total. The van der Waals surface area contributed by atoms with Gasteiger partial charge in [-0.15, -0.1) is 0 Å². The van der Waals surface area contributed by atoms with Crippen molar-refractivity contribution in [1.82, 2.24) is 0 Å². The lowest BCUT2D eigenvalue weighted by molar-refractivity contribution is -0.146. The van der Waals surface area contributed by atoms with E-state index < -0.39 is 5.97 Å². The third-order valence-corrected chi connectivity index (χ3v) is 2.79. The van der Waals surface area contributed by atoms with Crippen molar-refractivity contribution in [1.29, 1.82) is 0 Å². The molecular formula is C16H16O4. The minimum atomic E-state index is -0.437. The number of rotatable bonds is 5. The van der Waals surface area contributed by atoms with Crippen LogP contribution in [-0.2, 0) is 14.3 Å². The van der Waals surface area contributed by atoms with Gasteiger partial charge in [0.15, 0.2) is 0 Å². The van der Waals surface area contributed by atoms with Gasteiger partial charge in [0, 0.05) is 0 Å². The first-order valence-corrected chi connectivity index (χ1v) is 6.54. The van der Waals surface area contributed by atoms with Crippen molar-refractivity contribution in [3.05, 3.63) is 42.5 Å². The van der Waals surface area contributed by atoms with Gasteiger partial charge >= 0.3 is 11.9 Å². The fourth-order valence-electron chi connectivity index (χ4n) is 1.85. The summed E-state index contributed by atoms with van der Waals surface area (Å²) in [6.07, 6.45) is 0.0614. The minimum absolute atomic E-state index is 0.0195. The number of carbonyl (C=O) groups excluding carboxylic acids is 2. The highest BCUT2D eigenvalue weighted by atomic mass is 16.5. The van der Waals surface area contributed by atoms with E-state index in [1.165, 1.54) is 0 Å². The molecule has 104 valence electrons. The molecule has 0 aromatic heterocycles. The van der Waals surface area contributed by atoms with Gasteiger partial charge in [0.1, 0.15) is 5.75 Å². The molecule has 0 aliphatic heterocycles. The molecule has 0 fully saturated rings. The Morgan fingerprint density at radius 3 is 2.40 bits per heavy atom. The van der Waals surface area contributed by atoms with Crippen molar-refractivity contribution >= 4 is 22.7 Å². The number of hydrogen-bond acceptors (Lipinski definition) is 4. The standard InChI is InChI=1S/C16H16O4/c1-2-19-15(17)9-10-16(18)20-14-8-7-12-5-3-4-6-13(12)11-14/h3-8,11H,2,9-10H2,1H3. The lowest BCUT2D eigenvalue weighted by Crippen LogP contribution is -2.12. The molecule has 0 amide bonds. The second-order valence-electron chi connectivity index (χ2n) is 4.29. The van der Waals surface area contributed by atoms with E-state index in [1.807, 2.05) is 30.3 Å². The van der Waals surface area contributed by atoms with Gasteiger partial charge in [-0.05, 0) is 29.8 Å². The van der Waals surface area contributed by atoms with Gasteiger partial charge in [-0.3, -0.25) is 9.59 Å². The highest BCUT2D eigenvalue weighted by Gasteiger charge is 2.09. The Hall–Kier alpha value is -2.36. The molecule has 2 aromatic rings. The SMILES string of the molecule is CCOC(=O)CCC(=O)Oc1ccc2ccccc2c1. The summed E-state index contributed by atoms with van der Waals surface area (Å²) in [5.74, 6) is -0.339. The maximum Gasteiger partial charge on any atom is 0.311 e. The Labute approximate surface area is 117 Å². The van der Waals surface area contributed by atoms with Gasteiger partial charge in [-0.1, -0.05) is 30.3 Å². The maximum atomic E-state index is 11.6. The Morgan fingerprint density at radius 2 is 1.65 bits per heavy atom. The number of carbonyl (C=O) groups is 2. The van der Waals surface area contributed by atoms with Crippen LogP contribution in [0.1, 0.15) is 19.8 Å². The minimum Gasteiger partial charge on any atom is -0.466 e. The summed E-state index contributed by atoms with van der Waals surface area (Å²) in [7, 11) is 0. The molecule has 0 N–H and O–H groups in total. The van der Waals surface area contributed by atoms with Crippen molar-refractivity contribution in [2.75, 3.05) is 6.61 Å². The summed E-state index contributed by atoms with van der Waals surface area (Å²) in [4.78, 5) is 22.8. The Balaban J connectivity index is 1.94. The molecule has 4 heteroatoms. The van der Waals surface area contributed by atoms with Crippen molar-refractivity contribution < 1.29 is 19.1 Å². The number of benzene rings is 2. The summed E-state index contributed by atoms with van der Waals surface area (Å²) < 4.78 is 9.96. The summed E-state index contributed by atoms with van der Waals surface area (Å²) >= 11 is 0. The van der Waals surface area contributed by atoms with Crippen LogP contribution in [0.2, 0.25) is 0 Å². The van der Waals surface area contributed by atoms with Crippen molar-refractivity contribution in [3.8, 4) is 5.75 Å². The Kier molecular flexibility index (Phi) is 4.71. The largest absolute Gasteiger partial charge is 0.466 e. The summed E-state index contributed by atoms with van der Waals surface area (Å²) in [5.41, 5.74) is 0. The van der Waals surface area contributed by atoms with Gasteiger partial charge in [-0.2, -0.15) is 0 Å². The second-order valence-corrected chi connectivity index (χ2v) is 4.29. The van der Waals surface area contributed by atoms with E-state index >= 15 is 0 Å². The molecule has 0 aliphatic rings. The molecule has 0 atom stereocenters. The van der Waals surface area contributed by atoms with E-state index in [9.17, 15) is 9.59 Å². The van der Waals surface area contributed by atoms with Crippen LogP contribution in [-0.4, -0.2) is 18.5 Å². The lowest BCUT2D eigenvalue weighted by atomic mass is 10.1. The molecule has 0 radical (unpaired) electrons. The molecule has 2 aromatic carbocycles. The average molecular weight is 272 g/mol. The first-order chi connectivity index (χ1) is 9.69. The van der Waals surface area contributed by atoms with E-state index in [0.29, 0.717) is 12.4 Å². The zero-order valence-electron chi connectivity index (χ0n) is 11.3. The fraction of sp³-hybridized carbons (Fsp3) is 0.250. The summed E-state index contributed by atoms with van der Waals surface area (Å²) in [5, 5.41) is 2.09. The predicted molar refractivity (Wildman–Crippen MR) is 75.5 cm³/mol. The van der Waals surface area contributed by atoms with Crippen LogP contribution in [0.4, 0.5) is 0 Å². The van der Waals surface area contributed by atoms with Gasteiger partial charge < -0.3 is 9.47 Å². The molecule has 0 unspecified atom stereocenters. The van der Waals surface area contributed by atoms with Crippen LogP contribution in [0.15, 0.2) is 42.5 Å². The lowest BCUT2D eigenvalue weighted by Gasteiger charge is -2.05. The predicted octanol–water partition coefficient (Wildman–Crippen LogP) is 3.09. The molecule has 0 saturated heterocycles. The van der Waals surface area contributed by atoms with Crippen LogP contribution in [0.3, 0.4) is 0 Å². The zero-order valence-corrected chi connectivity index (χ0v) is 11.3. The normalized spacial score (nSPS) is 10.2. The van der Waals surface area contributed by atoms with E-state index in [1.54, 1.807) is 19.1 Å². The van der Waals surface area contributed by atoms with Crippen molar-refractivity contribution in [2.45, 2.75) is 19.8 Å². The monoisotopic (exact) mass is 272 g/mol. The van der Waals surface area contributed by atoms with Gasteiger partial charge in [0.2, 0.25) is 0 Å². The second kappa shape index (κ2) is 6.70. The molecule has 0 spiro atoms. The van der Waals surface area contributed by atoms with Crippen molar-refractivity contribution in [2.24, 2.45) is 0 Å². The zero-order chi connectivity index (χ0) is 14.4. The Morgan fingerprint density at radius 1 is 0.950 bits per heavy atom. The van der Waals surface area contributed by atoms with Crippen LogP contribution in [0.5, 0.6) is 5.75 Å². The smallest absolute Gasteiger partial charge is 0.311 e. The van der Waals surface area contributed by atoms with Gasteiger partial charge in [-0.25, -0.2) is 0 Å². The van der Waals surface area contributed by atoms with E-state index in [-0.39, 0.29) is 18.8 Å². The number of esters is 2. The van der Waals surface area contributed by atoms with Crippen molar-refractivity contribution in [3.63, 3.8) is 0 Å². The molecule has 0 aliphatic carbocycles. The van der Waals surface area contributed by atoms with Crippen LogP contribution >= 0.6 is 0 Å². The molecule has 0 heterocycles. The summed E-state index contributed by atoms with van der Waals surface area (Å²) in [6.45, 7) is 2.05. The van der Waals surface area contributed by atoms with Crippen LogP contribution in [0, 0.1) is 0 Å². The average Bonchev–Trinajstić information content (AvgIpc) is 2.45. The third kappa shape index (κ3) is 3.82. The first kappa shape index (κ1) is 14.1. The van der Waals surface area contributed by atoms with E-state index in [4.69, 9.17) is 9.47 Å². The molecule has 2 rings (SSSR count). The Bertz CT molecular complexity index is 619. The fourth-order valence-corrected chi connectivity index (χ4v) is 1.85.